The van der Waals surface area contributed by atoms with E-state index in [1.54, 1.807) is 30.5 Å². The number of nitrogens with one attached hydrogen (secondary N) is 2. The Bertz CT molecular complexity index is 633. The first-order valence-electron chi connectivity index (χ1n) is 5.02. The Hall–Kier alpha value is -1.60. The topological polar surface area (TPSA) is 74.3 Å². The molecule has 0 fully saturated rings. The molecule has 0 aliphatic rings. The van der Waals surface area contributed by atoms with Gasteiger partial charge >= 0.3 is 0 Å². The maximum Gasteiger partial charge on any atom is 0.276 e. The average molecular weight is 328 g/mol. The van der Waals surface area contributed by atoms with Crippen molar-refractivity contribution in [1.82, 2.24) is 9.82 Å². The Morgan fingerprint density at radius 2 is 1.94 bits per heavy atom. The minimum absolute atomic E-state index is 0.161. The van der Waals surface area contributed by atoms with Crippen molar-refractivity contribution in [3.63, 3.8) is 0 Å². The first kappa shape index (κ1) is 12.8. The second-order valence-corrected chi connectivity index (χ2v) is 6.01. The van der Waals surface area contributed by atoms with Gasteiger partial charge in [0.05, 0.1) is 16.8 Å². The molecule has 0 saturated carbocycles. The first-order valence-corrected chi connectivity index (χ1v) is 7.29. The van der Waals surface area contributed by atoms with E-state index in [1.165, 1.54) is 18.3 Å². The highest BCUT2D eigenvalue weighted by atomic mass is 79.9. The van der Waals surface area contributed by atoms with Crippen molar-refractivity contribution in [2.75, 3.05) is 0 Å². The maximum atomic E-state index is 11.8. The van der Waals surface area contributed by atoms with E-state index >= 15 is 0 Å². The summed E-state index contributed by atoms with van der Waals surface area (Å²) in [5.41, 5.74) is 0.716. The normalized spacial score (nSPS) is 11.8. The lowest BCUT2D eigenvalue weighted by Crippen LogP contribution is -2.18. The smallest absolute Gasteiger partial charge is 0.276 e. The van der Waals surface area contributed by atoms with E-state index in [2.05, 4.69) is 30.8 Å². The summed E-state index contributed by atoms with van der Waals surface area (Å²) in [5, 5.41) is 3.68. The summed E-state index contributed by atoms with van der Waals surface area (Å²) in [6.45, 7) is 0. The highest BCUT2D eigenvalue weighted by molar-refractivity contribution is 9.10. The van der Waals surface area contributed by atoms with Crippen LogP contribution < -0.4 is 4.83 Å². The monoisotopic (exact) mass is 327 g/mol. The second-order valence-electron chi connectivity index (χ2n) is 3.43. The lowest BCUT2D eigenvalue weighted by atomic mass is 10.4. The largest absolute Gasteiger partial charge is 0.360 e. The Kier molecular flexibility index (Phi) is 3.83. The predicted octanol–water partition coefficient (Wildman–Crippen LogP) is 2.09. The number of rotatable bonds is 4. The van der Waals surface area contributed by atoms with Crippen LogP contribution in [-0.2, 0) is 10.0 Å². The first-order chi connectivity index (χ1) is 8.58. The van der Waals surface area contributed by atoms with Crippen LogP contribution in [0.4, 0.5) is 0 Å². The molecule has 0 aliphatic carbocycles. The highest BCUT2D eigenvalue weighted by Crippen LogP contribution is 2.14. The number of H-pyrrole nitrogens is 1. The molecule has 1 aromatic carbocycles. The summed E-state index contributed by atoms with van der Waals surface area (Å²) >= 11 is 3.24. The molecular formula is C11H10BrN3O2S. The number of benzene rings is 1. The van der Waals surface area contributed by atoms with E-state index < -0.39 is 10.0 Å². The van der Waals surface area contributed by atoms with Crippen LogP contribution in [0.25, 0.3) is 0 Å². The number of hydrazone groups is 1. The van der Waals surface area contributed by atoms with Crippen LogP contribution in [0.3, 0.4) is 0 Å². The Labute approximate surface area is 113 Å². The van der Waals surface area contributed by atoms with Gasteiger partial charge in [-0.15, -0.1) is 0 Å². The number of halogens is 1. The molecule has 1 heterocycles. The molecule has 0 unspecified atom stereocenters. The quantitative estimate of drug-likeness (QED) is 0.666. The summed E-state index contributed by atoms with van der Waals surface area (Å²) in [6, 6.07) is 9.88. The van der Waals surface area contributed by atoms with Crippen molar-refractivity contribution in [2.24, 2.45) is 5.10 Å². The number of aromatic nitrogens is 1. The number of hydrogen-bond acceptors (Lipinski definition) is 3. The minimum Gasteiger partial charge on any atom is -0.360 e. The van der Waals surface area contributed by atoms with Crippen molar-refractivity contribution >= 4 is 32.2 Å². The van der Waals surface area contributed by atoms with Gasteiger partial charge in [-0.05, 0) is 36.4 Å². The number of hydrogen-bond donors (Lipinski definition) is 2. The molecule has 0 atom stereocenters. The van der Waals surface area contributed by atoms with E-state index in [0.29, 0.717) is 5.69 Å². The molecule has 18 heavy (non-hydrogen) atoms. The summed E-state index contributed by atoms with van der Waals surface area (Å²) in [6.07, 6.45) is 3.13. The summed E-state index contributed by atoms with van der Waals surface area (Å²) in [5.74, 6) is 0. The van der Waals surface area contributed by atoms with Crippen LogP contribution in [0, 0.1) is 0 Å². The standard InChI is InChI=1S/C11H10BrN3O2S/c12-9-3-5-11(6-4-9)18(16,17)15-14-8-10-2-1-7-13-10/h1-8,13,15H/b14-8-. The molecule has 2 rings (SSSR count). The van der Waals surface area contributed by atoms with Crippen LogP contribution >= 0.6 is 15.9 Å². The van der Waals surface area contributed by atoms with Gasteiger partial charge < -0.3 is 4.98 Å². The third-order valence-electron chi connectivity index (χ3n) is 2.12. The summed E-state index contributed by atoms with van der Waals surface area (Å²) < 4.78 is 24.5. The molecule has 0 radical (unpaired) electrons. The molecule has 1 aromatic heterocycles. The van der Waals surface area contributed by atoms with Crippen LogP contribution in [0.15, 0.2) is 57.1 Å². The van der Waals surface area contributed by atoms with Crippen LogP contribution in [0.5, 0.6) is 0 Å². The Balaban J connectivity index is 2.10. The molecular weight excluding hydrogens is 318 g/mol. The van der Waals surface area contributed by atoms with E-state index in [9.17, 15) is 8.42 Å². The number of aromatic amines is 1. The van der Waals surface area contributed by atoms with Crippen molar-refractivity contribution in [2.45, 2.75) is 4.90 Å². The number of sulfonamides is 1. The zero-order valence-electron chi connectivity index (χ0n) is 9.17. The maximum absolute atomic E-state index is 11.8. The lowest BCUT2D eigenvalue weighted by molar-refractivity contribution is 0.584. The van der Waals surface area contributed by atoms with Crippen molar-refractivity contribution in [3.8, 4) is 0 Å². The molecule has 0 saturated heterocycles. The highest BCUT2D eigenvalue weighted by Gasteiger charge is 2.11. The molecule has 0 spiro atoms. The van der Waals surface area contributed by atoms with E-state index in [0.717, 1.165) is 4.47 Å². The average Bonchev–Trinajstić information content (AvgIpc) is 2.82. The van der Waals surface area contributed by atoms with Gasteiger partial charge in [0.25, 0.3) is 10.0 Å². The predicted molar refractivity (Wildman–Crippen MR) is 72.9 cm³/mol. The van der Waals surface area contributed by atoms with Gasteiger partial charge in [0.2, 0.25) is 0 Å². The van der Waals surface area contributed by atoms with Crippen molar-refractivity contribution in [3.05, 3.63) is 52.8 Å². The summed E-state index contributed by atoms with van der Waals surface area (Å²) in [7, 11) is -3.61. The molecule has 0 amide bonds. The molecule has 2 aromatic rings. The van der Waals surface area contributed by atoms with Crippen molar-refractivity contribution < 1.29 is 8.42 Å². The Morgan fingerprint density at radius 3 is 2.56 bits per heavy atom. The third kappa shape index (κ3) is 3.21. The van der Waals surface area contributed by atoms with E-state index in [1.807, 2.05) is 0 Å². The Morgan fingerprint density at radius 1 is 1.22 bits per heavy atom. The van der Waals surface area contributed by atoms with Crippen LogP contribution in [-0.4, -0.2) is 19.6 Å². The van der Waals surface area contributed by atoms with Gasteiger partial charge in [-0.3, -0.25) is 0 Å². The van der Waals surface area contributed by atoms with E-state index in [4.69, 9.17) is 0 Å². The van der Waals surface area contributed by atoms with Gasteiger partial charge in [-0.25, -0.2) is 4.83 Å². The zero-order valence-corrected chi connectivity index (χ0v) is 11.6. The minimum atomic E-state index is -3.61. The molecule has 2 N–H and O–H groups in total. The fourth-order valence-electron chi connectivity index (χ4n) is 1.26. The number of nitrogens with zero attached hydrogens (tertiary/aromatic N) is 1. The fraction of sp³-hybridized carbons (Fsp3) is 0. The van der Waals surface area contributed by atoms with Gasteiger partial charge in [0.1, 0.15) is 0 Å². The molecule has 0 bridgehead atoms. The molecule has 5 nitrogen and oxygen atoms in total. The van der Waals surface area contributed by atoms with E-state index in [-0.39, 0.29) is 4.90 Å². The SMILES string of the molecule is O=S(=O)(N/N=C\c1ccc[nH]1)c1ccc(Br)cc1. The van der Waals surface area contributed by atoms with Gasteiger partial charge in [0.15, 0.2) is 0 Å². The fourth-order valence-corrected chi connectivity index (χ4v) is 2.31. The van der Waals surface area contributed by atoms with Crippen molar-refractivity contribution in [1.29, 1.82) is 0 Å². The van der Waals surface area contributed by atoms with Crippen LogP contribution in [0.1, 0.15) is 5.69 Å². The third-order valence-corrected chi connectivity index (χ3v) is 3.89. The zero-order chi connectivity index (χ0) is 13.0. The summed E-state index contributed by atoms with van der Waals surface area (Å²) in [4.78, 5) is 5.18. The molecule has 0 aliphatic heterocycles. The van der Waals surface area contributed by atoms with Gasteiger partial charge in [0, 0.05) is 10.7 Å². The molecule has 94 valence electrons. The van der Waals surface area contributed by atoms with Gasteiger partial charge in [-0.2, -0.15) is 13.5 Å². The lowest BCUT2D eigenvalue weighted by Gasteiger charge is -2.02. The van der Waals surface area contributed by atoms with Crippen LogP contribution in [0.2, 0.25) is 0 Å². The second kappa shape index (κ2) is 5.36. The molecule has 7 heteroatoms. The van der Waals surface area contributed by atoms with Gasteiger partial charge in [-0.1, -0.05) is 15.9 Å².